The Bertz CT molecular complexity index is 623. The van der Waals surface area contributed by atoms with Crippen LogP contribution >= 0.6 is 0 Å². The molecular weight excluding hydrogens is 274 g/mol. The number of rotatable bonds is 6. The summed E-state index contributed by atoms with van der Waals surface area (Å²) in [6, 6.07) is 15.7. The summed E-state index contributed by atoms with van der Waals surface area (Å²) in [5, 5.41) is 12.2. The van der Waals surface area contributed by atoms with Crippen molar-refractivity contribution in [1.82, 2.24) is 5.32 Å². The highest BCUT2D eigenvalue weighted by Gasteiger charge is 2.14. The standard InChI is InChI=1S/C19H23NO2/c1-14-7-6-10-18(15(14)2)19(22)20-13-17(11-12-21)16-8-4-3-5-9-16/h3-10,17,21H,11-13H2,1-2H3,(H,20,22). The van der Waals surface area contributed by atoms with E-state index in [1.165, 1.54) is 0 Å². The molecule has 0 saturated heterocycles. The molecule has 2 aromatic rings. The van der Waals surface area contributed by atoms with Crippen LogP contribution in [-0.4, -0.2) is 24.2 Å². The van der Waals surface area contributed by atoms with Crippen LogP contribution < -0.4 is 5.32 Å². The van der Waals surface area contributed by atoms with Crippen LogP contribution in [0, 0.1) is 13.8 Å². The summed E-state index contributed by atoms with van der Waals surface area (Å²) in [7, 11) is 0. The van der Waals surface area contributed by atoms with Crippen molar-refractivity contribution in [2.75, 3.05) is 13.2 Å². The van der Waals surface area contributed by atoms with Crippen molar-refractivity contribution in [1.29, 1.82) is 0 Å². The van der Waals surface area contributed by atoms with Gasteiger partial charge < -0.3 is 10.4 Å². The molecule has 22 heavy (non-hydrogen) atoms. The molecule has 0 aliphatic heterocycles. The van der Waals surface area contributed by atoms with Gasteiger partial charge >= 0.3 is 0 Å². The molecule has 2 rings (SSSR count). The lowest BCUT2D eigenvalue weighted by Gasteiger charge is -2.18. The summed E-state index contributed by atoms with van der Waals surface area (Å²) in [6.07, 6.45) is 0.636. The quantitative estimate of drug-likeness (QED) is 0.860. The highest BCUT2D eigenvalue weighted by atomic mass is 16.3. The fourth-order valence-electron chi connectivity index (χ4n) is 2.58. The van der Waals surface area contributed by atoms with Crippen molar-refractivity contribution in [3.8, 4) is 0 Å². The molecule has 0 heterocycles. The van der Waals surface area contributed by atoms with Gasteiger partial charge in [0.2, 0.25) is 0 Å². The van der Waals surface area contributed by atoms with Crippen LogP contribution in [0.1, 0.15) is 39.4 Å². The molecule has 0 bridgehead atoms. The fourth-order valence-corrected chi connectivity index (χ4v) is 2.58. The fraction of sp³-hybridized carbons (Fsp3) is 0.316. The Morgan fingerprint density at radius 1 is 1.09 bits per heavy atom. The molecule has 0 radical (unpaired) electrons. The van der Waals surface area contributed by atoms with E-state index in [0.717, 1.165) is 22.3 Å². The number of nitrogens with one attached hydrogen (secondary N) is 1. The van der Waals surface area contributed by atoms with Gasteiger partial charge in [-0.1, -0.05) is 42.5 Å². The molecule has 0 saturated carbocycles. The van der Waals surface area contributed by atoms with Crippen LogP contribution in [0.3, 0.4) is 0 Å². The Morgan fingerprint density at radius 2 is 1.82 bits per heavy atom. The second-order valence-electron chi connectivity index (χ2n) is 5.58. The van der Waals surface area contributed by atoms with Crippen molar-refractivity contribution < 1.29 is 9.90 Å². The van der Waals surface area contributed by atoms with E-state index in [-0.39, 0.29) is 18.4 Å². The minimum atomic E-state index is -0.0555. The number of amides is 1. The normalized spacial score (nSPS) is 12.0. The largest absolute Gasteiger partial charge is 0.396 e. The van der Waals surface area contributed by atoms with Crippen molar-refractivity contribution in [3.63, 3.8) is 0 Å². The van der Waals surface area contributed by atoms with Gasteiger partial charge in [0.05, 0.1) is 0 Å². The predicted molar refractivity (Wildman–Crippen MR) is 89.1 cm³/mol. The maximum atomic E-state index is 12.4. The maximum Gasteiger partial charge on any atom is 0.251 e. The number of carbonyl (C=O) groups is 1. The summed E-state index contributed by atoms with van der Waals surface area (Å²) < 4.78 is 0. The zero-order valence-electron chi connectivity index (χ0n) is 13.2. The van der Waals surface area contributed by atoms with Gasteiger partial charge in [0.1, 0.15) is 0 Å². The summed E-state index contributed by atoms with van der Waals surface area (Å²) in [5.74, 6) is 0.0698. The first-order valence-electron chi connectivity index (χ1n) is 7.63. The lowest BCUT2D eigenvalue weighted by atomic mass is 9.95. The molecule has 1 unspecified atom stereocenters. The van der Waals surface area contributed by atoms with Crippen LogP contribution in [-0.2, 0) is 0 Å². The highest BCUT2D eigenvalue weighted by molar-refractivity contribution is 5.95. The number of aliphatic hydroxyl groups is 1. The second kappa shape index (κ2) is 7.76. The molecule has 1 atom stereocenters. The number of hydrogen-bond donors (Lipinski definition) is 2. The van der Waals surface area contributed by atoms with E-state index in [9.17, 15) is 9.90 Å². The number of hydrogen-bond acceptors (Lipinski definition) is 2. The van der Waals surface area contributed by atoms with E-state index in [1.807, 2.05) is 62.4 Å². The maximum absolute atomic E-state index is 12.4. The van der Waals surface area contributed by atoms with Gasteiger partial charge in [-0.3, -0.25) is 4.79 Å². The molecule has 2 aromatic carbocycles. The summed E-state index contributed by atoms with van der Waals surface area (Å²) in [6.45, 7) is 4.60. The molecular formula is C19H23NO2. The average molecular weight is 297 g/mol. The number of aryl methyl sites for hydroxylation is 1. The second-order valence-corrected chi connectivity index (χ2v) is 5.58. The lowest BCUT2D eigenvalue weighted by Crippen LogP contribution is -2.29. The summed E-state index contributed by atoms with van der Waals surface area (Å²) in [5.41, 5.74) is 3.98. The van der Waals surface area contributed by atoms with E-state index in [1.54, 1.807) is 0 Å². The Balaban J connectivity index is 2.06. The van der Waals surface area contributed by atoms with E-state index in [4.69, 9.17) is 0 Å². The zero-order valence-corrected chi connectivity index (χ0v) is 13.2. The predicted octanol–water partition coefficient (Wildman–Crippen LogP) is 3.20. The third-order valence-corrected chi connectivity index (χ3v) is 4.11. The Kier molecular flexibility index (Phi) is 5.73. The van der Waals surface area contributed by atoms with Crippen LogP contribution in [0.4, 0.5) is 0 Å². The van der Waals surface area contributed by atoms with E-state index >= 15 is 0 Å². The van der Waals surface area contributed by atoms with Gasteiger partial charge in [-0.15, -0.1) is 0 Å². The van der Waals surface area contributed by atoms with E-state index in [0.29, 0.717) is 13.0 Å². The third-order valence-electron chi connectivity index (χ3n) is 4.11. The first kappa shape index (κ1) is 16.2. The molecule has 2 N–H and O–H groups in total. The van der Waals surface area contributed by atoms with Gasteiger partial charge in [-0.25, -0.2) is 0 Å². The first-order valence-corrected chi connectivity index (χ1v) is 7.63. The molecule has 0 aliphatic carbocycles. The van der Waals surface area contributed by atoms with Gasteiger partial charge in [0, 0.05) is 24.6 Å². The van der Waals surface area contributed by atoms with E-state index in [2.05, 4.69) is 5.32 Å². The smallest absolute Gasteiger partial charge is 0.251 e. The minimum absolute atomic E-state index is 0.0555. The third kappa shape index (κ3) is 3.95. The summed E-state index contributed by atoms with van der Waals surface area (Å²) >= 11 is 0. The van der Waals surface area contributed by atoms with Crippen molar-refractivity contribution in [3.05, 3.63) is 70.8 Å². The SMILES string of the molecule is Cc1cccc(C(=O)NCC(CCO)c2ccccc2)c1C. The number of carbonyl (C=O) groups excluding carboxylic acids is 1. The lowest BCUT2D eigenvalue weighted by molar-refractivity contribution is 0.0948. The Morgan fingerprint density at radius 3 is 2.50 bits per heavy atom. The van der Waals surface area contributed by atoms with Gasteiger partial charge in [-0.2, -0.15) is 0 Å². The molecule has 116 valence electrons. The van der Waals surface area contributed by atoms with Gasteiger partial charge in [-0.05, 0) is 43.0 Å². The van der Waals surface area contributed by atoms with E-state index < -0.39 is 0 Å². The Labute approximate surface area is 132 Å². The van der Waals surface area contributed by atoms with Crippen molar-refractivity contribution in [2.45, 2.75) is 26.2 Å². The highest BCUT2D eigenvalue weighted by Crippen LogP contribution is 2.19. The van der Waals surface area contributed by atoms with Crippen LogP contribution in [0.5, 0.6) is 0 Å². The topological polar surface area (TPSA) is 49.3 Å². The number of aliphatic hydroxyl groups excluding tert-OH is 1. The Hall–Kier alpha value is -2.13. The molecule has 3 nitrogen and oxygen atoms in total. The van der Waals surface area contributed by atoms with Crippen LogP contribution in [0.15, 0.2) is 48.5 Å². The molecule has 1 amide bonds. The van der Waals surface area contributed by atoms with Gasteiger partial charge in [0.25, 0.3) is 5.91 Å². The average Bonchev–Trinajstić information content (AvgIpc) is 2.54. The zero-order chi connectivity index (χ0) is 15.9. The summed E-state index contributed by atoms with van der Waals surface area (Å²) in [4.78, 5) is 12.4. The first-order chi connectivity index (χ1) is 10.6. The molecule has 0 aliphatic rings. The van der Waals surface area contributed by atoms with Gasteiger partial charge in [0.15, 0.2) is 0 Å². The molecule has 3 heteroatoms. The minimum Gasteiger partial charge on any atom is -0.396 e. The van der Waals surface area contributed by atoms with Crippen molar-refractivity contribution in [2.24, 2.45) is 0 Å². The van der Waals surface area contributed by atoms with Crippen LogP contribution in [0.25, 0.3) is 0 Å². The molecule has 0 spiro atoms. The monoisotopic (exact) mass is 297 g/mol. The molecule has 0 fully saturated rings. The van der Waals surface area contributed by atoms with Crippen molar-refractivity contribution >= 4 is 5.91 Å². The molecule has 0 aromatic heterocycles. The number of benzene rings is 2. The van der Waals surface area contributed by atoms with Crippen LogP contribution in [0.2, 0.25) is 0 Å².